The number of hydrogen-bond acceptors (Lipinski definition) is 3. The Morgan fingerprint density at radius 2 is 1.95 bits per heavy atom. The molecule has 4 amide bonds. The summed E-state index contributed by atoms with van der Waals surface area (Å²) >= 11 is 0. The summed E-state index contributed by atoms with van der Waals surface area (Å²) in [6.07, 6.45) is -5.32. The predicted molar refractivity (Wildman–Crippen MR) is 57.7 cm³/mol. The average molecular weight is 281 g/mol. The normalized spacial score (nSPS) is 23.8. The minimum absolute atomic E-state index is 0.185. The van der Waals surface area contributed by atoms with Crippen LogP contribution in [0, 0.1) is 5.92 Å². The molecule has 0 radical (unpaired) electrons. The molecule has 2 N–H and O–H groups in total. The van der Waals surface area contributed by atoms with Gasteiger partial charge < -0.3 is 5.32 Å². The highest BCUT2D eigenvalue weighted by Gasteiger charge is 2.68. The van der Waals surface area contributed by atoms with Crippen molar-refractivity contribution < 1.29 is 27.6 Å². The van der Waals surface area contributed by atoms with E-state index in [1.54, 1.807) is 19.2 Å². The molecule has 0 aliphatic carbocycles. The SMILES string of the molecule is CC(C)CC(=O)N[C@@]1(C(F)(F)F)NC(=O)N(C)C1=O. The van der Waals surface area contributed by atoms with Gasteiger partial charge in [0.15, 0.2) is 0 Å². The summed E-state index contributed by atoms with van der Waals surface area (Å²) in [6.45, 7) is 3.28. The van der Waals surface area contributed by atoms with Gasteiger partial charge in [-0.25, -0.2) is 4.79 Å². The monoisotopic (exact) mass is 281 g/mol. The van der Waals surface area contributed by atoms with Crippen molar-refractivity contribution in [2.24, 2.45) is 5.92 Å². The number of urea groups is 1. The molecule has 0 unspecified atom stereocenters. The van der Waals surface area contributed by atoms with E-state index in [0.29, 0.717) is 0 Å². The topological polar surface area (TPSA) is 78.5 Å². The van der Waals surface area contributed by atoms with E-state index in [2.05, 4.69) is 0 Å². The van der Waals surface area contributed by atoms with Crippen molar-refractivity contribution in [3.8, 4) is 0 Å². The van der Waals surface area contributed by atoms with Crippen LogP contribution in [0.4, 0.5) is 18.0 Å². The van der Waals surface area contributed by atoms with Gasteiger partial charge in [0.2, 0.25) is 5.91 Å². The molecule has 1 heterocycles. The molecule has 6 nitrogen and oxygen atoms in total. The van der Waals surface area contributed by atoms with Gasteiger partial charge in [0.1, 0.15) is 0 Å². The molecule has 1 rings (SSSR count). The lowest BCUT2D eigenvalue weighted by molar-refractivity contribution is -0.204. The summed E-state index contributed by atoms with van der Waals surface area (Å²) in [7, 11) is 0.903. The molecule has 0 spiro atoms. The minimum Gasteiger partial charge on any atom is -0.318 e. The number of likely N-dealkylation sites (N-methyl/N-ethyl adjacent to an activating group) is 1. The Kier molecular flexibility index (Phi) is 3.78. The molecule has 1 fully saturated rings. The largest absolute Gasteiger partial charge is 0.440 e. The second kappa shape index (κ2) is 4.71. The molecular weight excluding hydrogens is 267 g/mol. The molecule has 1 atom stereocenters. The molecule has 1 aliphatic rings. The molecule has 19 heavy (non-hydrogen) atoms. The Labute approximate surface area is 107 Å². The lowest BCUT2D eigenvalue weighted by atomic mass is 10.1. The maximum Gasteiger partial charge on any atom is 0.440 e. The van der Waals surface area contributed by atoms with Gasteiger partial charge in [-0.15, -0.1) is 0 Å². The van der Waals surface area contributed by atoms with E-state index in [4.69, 9.17) is 0 Å². The van der Waals surface area contributed by atoms with Crippen molar-refractivity contribution in [1.82, 2.24) is 15.5 Å². The molecule has 1 saturated heterocycles. The molecule has 0 aromatic carbocycles. The number of alkyl halides is 3. The summed E-state index contributed by atoms with van der Waals surface area (Å²) in [4.78, 5) is 34.6. The summed E-state index contributed by atoms with van der Waals surface area (Å²) < 4.78 is 39.1. The first-order valence-electron chi connectivity index (χ1n) is 5.49. The van der Waals surface area contributed by atoms with Crippen LogP contribution in [0.15, 0.2) is 0 Å². The number of rotatable bonds is 3. The van der Waals surface area contributed by atoms with Crippen LogP contribution in [0.3, 0.4) is 0 Å². The van der Waals surface area contributed by atoms with E-state index < -0.39 is 29.7 Å². The smallest absolute Gasteiger partial charge is 0.318 e. The summed E-state index contributed by atoms with van der Waals surface area (Å²) in [5.41, 5.74) is -3.37. The standard InChI is InChI=1S/C10H14F3N3O3/c1-5(2)4-6(17)14-9(10(11,12)13)7(18)16(3)8(19)15-9/h5H,4H2,1-3H3,(H,14,17)(H,15,19)/t9-/m1/s1. The van der Waals surface area contributed by atoms with Crippen LogP contribution < -0.4 is 10.6 Å². The zero-order valence-corrected chi connectivity index (χ0v) is 10.6. The van der Waals surface area contributed by atoms with Crippen molar-refractivity contribution >= 4 is 17.8 Å². The van der Waals surface area contributed by atoms with E-state index in [0.717, 1.165) is 7.05 Å². The Balaban J connectivity index is 3.07. The summed E-state index contributed by atoms with van der Waals surface area (Å²) in [6, 6.07) is -1.22. The molecule has 0 saturated carbocycles. The average Bonchev–Trinajstić information content (AvgIpc) is 2.42. The third kappa shape index (κ3) is 2.64. The maximum atomic E-state index is 13.0. The summed E-state index contributed by atoms with van der Waals surface area (Å²) in [5, 5.41) is 3.08. The third-order valence-corrected chi connectivity index (χ3v) is 2.57. The number of carbonyl (C=O) groups excluding carboxylic acids is 3. The second-order valence-electron chi connectivity index (χ2n) is 4.69. The van der Waals surface area contributed by atoms with Crippen molar-refractivity contribution in [1.29, 1.82) is 0 Å². The predicted octanol–water partition coefficient (Wildman–Crippen LogP) is 0.589. The molecule has 0 aromatic heterocycles. The van der Waals surface area contributed by atoms with Crippen LogP contribution in [-0.4, -0.2) is 41.6 Å². The first kappa shape index (κ1) is 15.3. The number of halogens is 3. The first-order valence-corrected chi connectivity index (χ1v) is 5.49. The number of imide groups is 1. The highest BCUT2D eigenvalue weighted by molar-refractivity contribution is 6.08. The zero-order chi connectivity index (χ0) is 15.0. The van der Waals surface area contributed by atoms with Gasteiger partial charge in [-0.3, -0.25) is 19.8 Å². The van der Waals surface area contributed by atoms with Crippen LogP contribution in [0.5, 0.6) is 0 Å². The van der Waals surface area contributed by atoms with Crippen molar-refractivity contribution in [2.75, 3.05) is 7.05 Å². The van der Waals surface area contributed by atoms with Crippen molar-refractivity contribution in [3.05, 3.63) is 0 Å². The Hall–Kier alpha value is -1.80. The van der Waals surface area contributed by atoms with Crippen LogP contribution in [0.1, 0.15) is 20.3 Å². The van der Waals surface area contributed by atoms with Crippen LogP contribution in [0.2, 0.25) is 0 Å². The summed E-state index contributed by atoms with van der Waals surface area (Å²) in [5.74, 6) is -2.70. The van der Waals surface area contributed by atoms with Gasteiger partial charge >= 0.3 is 12.2 Å². The van der Waals surface area contributed by atoms with Gasteiger partial charge in [-0.2, -0.15) is 13.2 Å². The molecule has 0 bridgehead atoms. The zero-order valence-electron chi connectivity index (χ0n) is 10.6. The molecule has 108 valence electrons. The molecular formula is C10H14F3N3O3. The fraction of sp³-hybridized carbons (Fsp3) is 0.700. The van der Waals surface area contributed by atoms with Gasteiger partial charge in [0.25, 0.3) is 11.6 Å². The number of hydrogen-bond donors (Lipinski definition) is 2. The Morgan fingerprint density at radius 1 is 1.42 bits per heavy atom. The fourth-order valence-corrected chi connectivity index (χ4v) is 1.62. The van der Waals surface area contributed by atoms with Crippen molar-refractivity contribution in [2.45, 2.75) is 32.1 Å². The highest BCUT2D eigenvalue weighted by Crippen LogP contribution is 2.33. The first-order chi connectivity index (χ1) is 8.51. The van der Waals surface area contributed by atoms with Crippen LogP contribution in [-0.2, 0) is 9.59 Å². The number of nitrogens with one attached hydrogen (secondary N) is 2. The lowest BCUT2D eigenvalue weighted by Gasteiger charge is -2.29. The highest BCUT2D eigenvalue weighted by atomic mass is 19.4. The lowest BCUT2D eigenvalue weighted by Crippen LogP contribution is -2.69. The number of nitrogens with zero attached hydrogens (tertiary/aromatic N) is 1. The number of carbonyl (C=O) groups is 3. The van der Waals surface area contributed by atoms with E-state index in [-0.39, 0.29) is 17.2 Å². The van der Waals surface area contributed by atoms with E-state index in [1.807, 2.05) is 0 Å². The quantitative estimate of drug-likeness (QED) is 0.743. The van der Waals surface area contributed by atoms with Crippen LogP contribution >= 0.6 is 0 Å². The maximum absolute atomic E-state index is 13.0. The third-order valence-electron chi connectivity index (χ3n) is 2.57. The fourth-order valence-electron chi connectivity index (χ4n) is 1.62. The van der Waals surface area contributed by atoms with E-state index in [1.165, 1.54) is 5.32 Å². The van der Waals surface area contributed by atoms with Gasteiger partial charge in [0.05, 0.1) is 0 Å². The van der Waals surface area contributed by atoms with Gasteiger partial charge in [0, 0.05) is 13.5 Å². The Morgan fingerprint density at radius 3 is 2.26 bits per heavy atom. The van der Waals surface area contributed by atoms with E-state index in [9.17, 15) is 27.6 Å². The molecule has 0 aromatic rings. The molecule has 1 aliphatic heterocycles. The Bertz CT molecular complexity index is 422. The van der Waals surface area contributed by atoms with Gasteiger partial charge in [-0.1, -0.05) is 13.8 Å². The van der Waals surface area contributed by atoms with E-state index >= 15 is 0 Å². The van der Waals surface area contributed by atoms with Gasteiger partial charge in [-0.05, 0) is 5.92 Å². The molecule has 9 heteroatoms. The second-order valence-corrected chi connectivity index (χ2v) is 4.69. The van der Waals surface area contributed by atoms with Crippen LogP contribution in [0.25, 0.3) is 0 Å². The van der Waals surface area contributed by atoms with Crippen molar-refractivity contribution in [3.63, 3.8) is 0 Å². The number of amides is 4. The minimum atomic E-state index is -5.13.